The number of rotatable bonds is 5. The smallest absolute Gasteiger partial charge is 0.0307 e. The fourth-order valence-corrected chi connectivity index (χ4v) is 3.23. The summed E-state index contributed by atoms with van der Waals surface area (Å²) in [5.74, 6) is 1.77. The predicted octanol–water partition coefficient (Wildman–Crippen LogP) is 3.75. The van der Waals surface area contributed by atoms with Gasteiger partial charge in [-0.05, 0) is 63.2 Å². The normalized spacial score (nSPS) is 19.4. The Balaban J connectivity index is 1.76. The van der Waals surface area contributed by atoms with Crippen molar-refractivity contribution in [3.05, 3.63) is 35.4 Å². The van der Waals surface area contributed by atoms with Gasteiger partial charge < -0.3 is 10.6 Å². The van der Waals surface area contributed by atoms with Gasteiger partial charge in [-0.2, -0.15) is 0 Å². The van der Waals surface area contributed by atoms with Crippen LogP contribution in [-0.2, 0) is 0 Å². The average molecular weight is 274 g/mol. The first-order valence-electron chi connectivity index (χ1n) is 8.10. The van der Waals surface area contributed by atoms with E-state index >= 15 is 0 Å². The number of nitrogens with zero attached hydrogens (tertiary/aromatic N) is 1. The molecule has 112 valence electrons. The van der Waals surface area contributed by atoms with Gasteiger partial charge in [0.25, 0.3) is 0 Å². The zero-order chi connectivity index (χ0) is 14.5. The number of piperidine rings is 1. The number of aryl methyl sites for hydroxylation is 1. The Bertz CT molecular complexity index is 406. The lowest BCUT2D eigenvalue weighted by molar-refractivity contribution is 0.154. The van der Waals surface area contributed by atoms with Crippen molar-refractivity contribution in [2.75, 3.05) is 19.6 Å². The van der Waals surface area contributed by atoms with Crippen molar-refractivity contribution < 1.29 is 0 Å². The monoisotopic (exact) mass is 274 g/mol. The van der Waals surface area contributed by atoms with Crippen molar-refractivity contribution >= 4 is 0 Å². The topological polar surface area (TPSA) is 29.3 Å². The fraction of sp³-hybridized carbons (Fsp3) is 0.667. The summed E-state index contributed by atoms with van der Waals surface area (Å²) in [5.41, 5.74) is 8.91. The van der Waals surface area contributed by atoms with E-state index in [9.17, 15) is 0 Å². The van der Waals surface area contributed by atoms with Crippen LogP contribution in [0.25, 0.3) is 0 Å². The molecule has 2 nitrogen and oxygen atoms in total. The molecule has 0 radical (unpaired) electrons. The molecule has 0 amide bonds. The van der Waals surface area contributed by atoms with E-state index in [0.717, 1.165) is 24.8 Å². The van der Waals surface area contributed by atoms with Crippen molar-refractivity contribution in [1.82, 2.24) is 4.90 Å². The minimum atomic E-state index is 0.178. The summed E-state index contributed by atoms with van der Waals surface area (Å²) in [6, 6.07) is 8.79. The van der Waals surface area contributed by atoms with Crippen LogP contribution >= 0.6 is 0 Å². The lowest BCUT2D eigenvalue weighted by atomic mass is 9.86. The van der Waals surface area contributed by atoms with Crippen LogP contribution in [0.5, 0.6) is 0 Å². The van der Waals surface area contributed by atoms with Crippen molar-refractivity contribution in [1.29, 1.82) is 0 Å². The molecule has 0 aliphatic carbocycles. The van der Waals surface area contributed by atoms with E-state index in [4.69, 9.17) is 5.73 Å². The maximum absolute atomic E-state index is 6.33. The third kappa shape index (κ3) is 4.32. The highest BCUT2D eigenvalue weighted by Crippen LogP contribution is 2.25. The first-order valence-corrected chi connectivity index (χ1v) is 8.10. The third-order valence-electron chi connectivity index (χ3n) is 4.80. The summed E-state index contributed by atoms with van der Waals surface area (Å²) in [4.78, 5) is 2.59. The second kappa shape index (κ2) is 7.24. The summed E-state index contributed by atoms with van der Waals surface area (Å²) >= 11 is 0. The molecule has 0 saturated carbocycles. The second-order valence-corrected chi connectivity index (χ2v) is 6.73. The summed E-state index contributed by atoms with van der Waals surface area (Å²) in [6.07, 6.45) is 3.78. The van der Waals surface area contributed by atoms with Gasteiger partial charge in [-0.1, -0.05) is 43.7 Å². The van der Waals surface area contributed by atoms with Crippen LogP contribution < -0.4 is 5.73 Å². The van der Waals surface area contributed by atoms with Crippen molar-refractivity contribution in [2.24, 2.45) is 17.6 Å². The molecular weight excluding hydrogens is 244 g/mol. The molecule has 2 N–H and O–H groups in total. The molecule has 1 fully saturated rings. The highest BCUT2D eigenvalue weighted by atomic mass is 15.1. The van der Waals surface area contributed by atoms with Crippen LogP contribution in [0.15, 0.2) is 24.3 Å². The quantitative estimate of drug-likeness (QED) is 0.886. The SMILES string of the molecule is Cc1cccc(C(N)CCN2CCC(C(C)C)CC2)c1. The van der Waals surface area contributed by atoms with Gasteiger partial charge in [-0.25, -0.2) is 0 Å². The lowest BCUT2D eigenvalue weighted by Crippen LogP contribution is -2.36. The third-order valence-corrected chi connectivity index (χ3v) is 4.80. The minimum absolute atomic E-state index is 0.178. The first kappa shape index (κ1) is 15.5. The van der Waals surface area contributed by atoms with Crippen LogP contribution in [0.2, 0.25) is 0 Å². The molecule has 1 aromatic rings. The van der Waals surface area contributed by atoms with E-state index in [1.54, 1.807) is 0 Å². The molecule has 1 heterocycles. The number of nitrogens with two attached hydrogens (primary N) is 1. The van der Waals surface area contributed by atoms with Crippen molar-refractivity contribution in [2.45, 2.75) is 46.1 Å². The molecule has 1 aromatic carbocycles. The molecule has 0 spiro atoms. The van der Waals surface area contributed by atoms with Crippen LogP contribution in [0, 0.1) is 18.8 Å². The first-order chi connectivity index (χ1) is 9.56. The van der Waals surface area contributed by atoms with Crippen molar-refractivity contribution in [3.8, 4) is 0 Å². The maximum Gasteiger partial charge on any atom is 0.0307 e. The molecule has 20 heavy (non-hydrogen) atoms. The van der Waals surface area contributed by atoms with E-state index in [1.807, 2.05) is 0 Å². The molecule has 1 saturated heterocycles. The maximum atomic E-state index is 6.33. The highest BCUT2D eigenvalue weighted by molar-refractivity contribution is 5.24. The Morgan fingerprint density at radius 2 is 1.95 bits per heavy atom. The van der Waals surface area contributed by atoms with Crippen molar-refractivity contribution in [3.63, 3.8) is 0 Å². The summed E-state index contributed by atoms with van der Waals surface area (Å²) in [5, 5.41) is 0. The van der Waals surface area contributed by atoms with Gasteiger partial charge in [0.1, 0.15) is 0 Å². The second-order valence-electron chi connectivity index (χ2n) is 6.73. The predicted molar refractivity (Wildman–Crippen MR) is 86.7 cm³/mol. The number of hydrogen-bond acceptors (Lipinski definition) is 2. The number of hydrogen-bond donors (Lipinski definition) is 1. The fourth-order valence-electron chi connectivity index (χ4n) is 3.23. The molecule has 1 atom stereocenters. The molecule has 2 heteroatoms. The summed E-state index contributed by atoms with van der Waals surface area (Å²) in [6.45, 7) is 10.5. The molecule has 0 aromatic heterocycles. The Morgan fingerprint density at radius 1 is 1.25 bits per heavy atom. The van der Waals surface area contributed by atoms with E-state index in [0.29, 0.717) is 0 Å². The summed E-state index contributed by atoms with van der Waals surface area (Å²) in [7, 11) is 0. The van der Waals surface area contributed by atoms with E-state index in [-0.39, 0.29) is 6.04 Å². The average Bonchev–Trinajstić information content (AvgIpc) is 2.45. The molecule has 0 bridgehead atoms. The van der Waals surface area contributed by atoms with E-state index < -0.39 is 0 Å². The Kier molecular flexibility index (Phi) is 5.62. The molecular formula is C18H30N2. The molecule has 1 aliphatic heterocycles. The molecule has 1 aliphatic rings. The van der Waals surface area contributed by atoms with Gasteiger partial charge in [0.15, 0.2) is 0 Å². The van der Waals surface area contributed by atoms with E-state index in [1.165, 1.54) is 37.1 Å². The van der Waals surface area contributed by atoms with Gasteiger partial charge in [0, 0.05) is 6.04 Å². The zero-order valence-electron chi connectivity index (χ0n) is 13.3. The lowest BCUT2D eigenvalue weighted by Gasteiger charge is -2.34. The largest absolute Gasteiger partial charge is 0.324 e. The summed E-state index contributed by atoms with van der Waals surface area (Å²) < 4.78 is 0. The van der Waals surface area contributed by atoms with Gasteiger partial charge >= 0.3 is 0 Å². The Labute approximate surface area is 124 Å². The minimum Gasteiger partial charge on any atom is -0.324 e. The molecule has 2 rings (SSSR count). The van der Waals surface area contributed by atoms with Gasteiger partial charge in [-0.15, -0.1) is 0 Å². The van der Waals surface area contributed by atoms with Crippen LogP contribution in [0.4, 0.5) is 0 Å². The van der Waals surface area contributed by atoms with Gasteiger partial charge in [0.2, 0.25) is 0 Å². The standard InChI is InChI=1S/C18H30N2/c1-14(2)16-7-10-20(11-8-16)12-9-18(19)17-6-4-5-15(3)13-17/h4-6,13-14,16,18H,7-12,19H2,1-3H3. The van der Waals surface area contributed by atoms with E-state index in [2.05, 4.69) is 49.9 Å². The Hall–Kier alpha value is -0.860. The van der Waals surface area contributed by atoms with Crippen LogP contribution in [-0.4, -0.2) is 24.5 Å². The van der Waals surface area contributed by atoms with Gasteiger partial charge in [0.05, 0.1) is 0 Å². The van der Waals surface area contributed by atoms with Crippen LogP contribution in [0.3, 0.4) is 0 Å². The van der Waals surface area contributed by atoms with Gasteiger partial charge in [-0.3, -0.25) is 0 Å². The van der Waals surface area contributed by atoms with Crippen LogP contribution in [0.1, 0.15) is 50.3 Å². The highest BCUT2D eigenvalue weighted by Gasteiger charge is 2.21. The number of likely N-dealkylation sites (tertiary alicyclic amines) is 1. The number of benzene rings is 1. The zero-order valence-corrected chi connectivity index (χ0v) is 13.3. The molecule has 1 unspecified atom stereocenters. The Morgan fingerprint density at radius 3 is 2.55 bits per heavy atom.